The van der Waals surface area contributed by atoms with Gasteiger partial charge in [-0.2, -0.15) is 0 Å². The Morgan fingerprint density at radius 2 is 1.85 bits per heavy atom. The molecule has 0 unspecified atom stereocenters. The number of piperidine rings is 1. The summed E-state index contributed by atoms with van der Waals surface area (Å²) in [6, 6.07) is 5.24. The van der Waals surface area contributed by atoms with Crippen molar-refractivity contribution >= 4 is 21.8 Å². The van der Waals surface area contributed by atoms with Crippen molar-refractivity contribution in [3.63, 3.8) is 0 Å². The number of nitrogens with one attached hydrogen (secondary N) is 2. The van der Waals surface area contributed by atoms with Crippen molar-refractivity contribution in [1.29, 1.82) is 0 Å². The Morgan fingerprint density at radius 3 is 2.52 bits per heavy atom. The summed E-state index contributed by atoms with van der Waals surface area (Å²) in [5.41, 5.74) is 3.70. The number of carbonyl (C=O) groups is 2. The molecule has 0 radical (unpaired) electrons. The van der Waals surface area contributed by atoms with E-state index in [0.717, 1.165) is 42.2 Å². The lowest BCUT2D eigenvalue weighted by atomic mass is 10.1. The molecular formula is C18H24N4O4S. The number of benzene rings is 1. The van der Waals surface area contributed by atoms with Gasteiger partial charge in [0.15, 0.2) is 0 Å². The molecule has 2 heterocycles. The molecule has 2 N–H and O–H groups in total. The molecule has 2 aliphatic rings. The van der Waals surface area contributed by atoms with Crippen molar-refractivity contribution in [3.05, 3.63) is 42.2 Å². The Bertz CT molecular complexity index is 829. The molecule has 0 aliphatic carbocycles. The Kier molecular flexibility index (Phi) is 5.81. The van der Waals surface area contributed by atoms with Gasteiger partial charge in [0.25, 0.3) is 10.0 Å². The number of nitrogens with zero attached hydrogens (tertiary/aromatic N) is 2. The largest absolute Gasteiger partial charge is 0.329 e. The highest BCUT2D eigenvalue weighted by molar-refractivity contribution is 7.89. The van der Waals surface area contributed by atoms with E-state index in [2.05, 4.69) is 10.7 Å². The van der Waals surface area contributed by atoms with E-state index in [1.54, 1.807) is 12.1 Å². The first-order valence-electron chi connectivity index (χ1n) is 8.99. The number of carbonyl (C=O) groups excluding carboxylic acids is 2. The minimum atomic E-state index is -3.95. The van der Waals surface area contributed by atoms with Crippen LogP contribution in [0.2, 0.25) is 0 Å². The maximum absolute atomic E-state index is 13.0. The van der Waals surface area contributed by atoms with Gasteiger partial charge in [0.2, 0.25) is 11.8 Å². The first kappa shape index (κ1) is 19.4. The topological polar surface area (TPSA) is 98.8 Å². The molecule has 0 bridgehead atoms. The smallest absolute Gasteiger partial charge is 0.264 e. The number of hydrogen-bond donors (Lipinski definition) is 2. The van der Waals surface area contributed by atoms with E-state index in [1.165, 1.54) is 24.5 Å². The summed E-state index contributed by atoms with van der Waals surface area (Å²) in [5, 5.41) is 4.31. The molecule has 2 aliphatic heterocycles. The fourth-order valence-electron chi connectivity index (χ4n) is 3.17. The maximum atomic E-state index is 13.0. The van der Waals surface area contributed by atoms with Crippen LogP contribution in [-0.4, -0.2) is 48.7 Å². The molecule has 3 rings (SSSR count). The van der Waals surface area contributed by atoms with Gasteiger partial charge in [-0.05, 0) is 31.9 Å². The van der Waals surface area contributed by atoms with Crippen molar-refractivity contribution in [2.45, 2.75) is 43.5 Å². The average Bonchev–Trinajstić information content (AvgIpc) is 2.64. The third-order valence-electron chi connectivity index (χ3n) is 4.67. The summed E-state index contributed by atoms with van der Waals surface area (Å²) >= 11 is 0. The molecule has 27 heavy (non-hydrogen) atoms. The van der Waals surface area contributed by atoms with E-state index >= 15 is 0 Å². The monoisotopic (exact) mass is 392 g/mol. The van der Waals surface area contributed by atoms with Gasteiger partial charge < -0.3 is 5.32 Å². The summed E-state index contributed by atoms with van der Waals surface area (Å²) in [7, 11) is -3.95. The van der Waals surface area contributed by atoms with E-state index < -0.39 is 22.0 Å². The van der Waals surface area contributed by atoms with Gasteiger partial charge in [-0.15, -0.1) is 0 Å². The zero-order valence-electron chi connectivity index (χ0n) is 15.2. The molecule has 1 fully saturated rings. The predicted molar refractivity (Wildman–Crippen MR) is 99.5 cm³/mol. The predicted octanol–water partition coefficient (Wildman–Crippen LogP) is 0.863. The van der Waals surface area contributed by atoms with Gasteiger partial charge in [-0.3, -0.25) is 19.3 Å². The lowest BCUT2D eigenvalue weighted by Gasteiger charge is -2.32. The van der Waals surface area contributed by atoms with Gasteiger partial charge in [-0.1, -0.05) is 24.1 Å². The molecule has 0 aromatic heterocycles. The van der Waals surface area contributed by atoms with Crippen molar-refractivity contribution in [2.24, 2.45) is 0 Å². The molecule has 1 aromatic rings. The fourth-order valence-corrected chi connectivity index (χ4v) is 4.62. The number of aryl methyl sites for hydroxylation is 1. The van der Waals surface area contributed by atoms with E-state index in [9.17, 15) is 18.0 Å². The summed E-state index contributed by atoms with van der Waals surface area (Å²) in [6.45, 7) is 3.38. The Hall–Kier alpha value is -2.39. The lowest BCUT2D eigenvalue weighted by Crippen LogP contribution is -2.53. The SMILES string of the molecule is Cc1ccc(S(=O)(=O)N2C=CNC(=O)[C@H]2CC(=O)NN2CCCCC2)cc1. The van der Waals surface area contributed by atoms with Crippen molar-refractivity contribution in [3.8, 4) is 0 Å². The summed E-state index contributed by atoms with van der Waals surface area (Å²) in [6.07, 6.45) is 5.44. The van der Waals surface area contributed by atoms with Crippen LogP contribution in [0.15, 0.2) is 41.6 Å². The molecule has 2 amide bonds. The van der Waals surface area contributed by atoms with Crippen LogP contribution in [0.5, 0.6) is 0 Å². The lowest BCUT2D eigenvalue weighted by molar-refractivity contribution is -0.132. The zero-order chi connectivity index (χ0) is 19.4. The normalized spacial score (nSPS) is 21.0. The summed E-state index contributed by atoms with van der Waals surface area (Å²) < 4.78 is 26.9. The highest BCUT2D eigenvalue weighted by atomic mass is 32.2. The molecule has 1 atom stereocenters. The van der Waals surface area contributed by atoms with Crippen LogP contribution in [0, 0.1) is 6.92 Å². The van der Waals surface area contributed by atoms with Crippen molar-refractivity contribution in [1.82, 2.24) is 20.1 Å². The Labute approximate surface area is 159 Å². The molecule has 1 aromatic carbocycles. The van der Waals surface area contributed by atoms with E-state index in [-0.39, 0.29) is 17.2 Å². The Balaban J connectivity index is 1.77. The van der Waals surface area contributed by atoms with Crippen molar-refractivity contribution < 1.29 is 18.0 Å². The first-order chi connectivity index (χ1) is 12.9. The molecule has 0 saturated carbocycles. The van der Waals surface area contributed by atoms with Gasteiger partial charge in [0.05, 0.1) is 11.3 Å². The van der Waals surface area contributed by atoms with Crippen LogP contribution in [0.4, 0.5) is 0 Å². The van der Waals surface area contributed by atoms with Crippen LogP contribution in [0.1, 0.15) is 31.2 Å². The van der Waals surface area contributed by atoms with Gasteiger partial charge >= 0.3 is 0 Å². The molecule has 146 valence electrons. The molecular weight excluding hydrogens is 368 g/mol. The fraction of sp³-hybridized carbons (Fsp3) is 0.444. The van der Waals surface area contributed by atoms with Crippen LogP contribution in [0.3, 0.4) is 0 Å². The highest BCUT2D eigenvalue weighted by Gasteiger charge is 2.37. The van der Waals surface area contributed by atoms with Crippen LogP contribution >= 0.6 is 0 Å². The van der Waals surface area contributed by atoms with Gasteiger partial charge in [-0.25, -0.2) is 13.4 Å². The number of amides is 2. The third kappa shape index (κ3) is 4.48. The average molecular weight is 392 g/mol. The number of rotatable bonds is 5. The minimum absolute atomic E-state index is 0.0777. The van der Waals surface area contributed by atoms with Crippen LogP contribution in [-0.2, 0) is 19.6 Å². The minimum Gasteiger partial charge on any atom is -0.329 e. The van der Waals surface area contributed by atoms with E-state index in [1.807, 2.05) is 11.9 Å². The molecule has 9 heteroatoms. The zero-order valence-corrected chi connectivity index (χ0v) is 16.0. The second kappa shape index (κ2) is 8.10. The molecule has 1 saturated heterocycles. The maximum Gasteiger partial charge on any atom is 0.264 e. The number of hydrazine groups is 1. The Morgan fingerprint density at radius 1 is 1.19 bits per heavy atom. The number of hydrogen-bond acceptors (Lipinski definition) is 5. The van der Waals surface area contributed by atoms with Gasteiger partial charge in [0, 0.05) is 25.5 Å². The quantitative estimate of drug-likeness (QED) is 0.775. The van der Waals surface area contributed by atoms with E-state index in [4.69, 9.17) is 0 Å². The standard InChI is InChI=1S/C18H24N4O4S/c1-14-5-7-15(8-6-14)27(25,26)22-12-9-19-18(24)16(22)13-17(23)20-21-10-3-2-4-11-21/h5-9,12,16H,2-4,10-11,13H2,1H3,(H,19,24)(H,20,23)/t16-/m1/s1. The molecule has 8 nitrogen and oxygen atoms in total. The number of sulfonamides is 1. The second-order valence-corrected chi connectivity index (χ2v) is 8.62. The summed E-state index contributed by atoms with van der Waals surface area (Å²) in [5.74, 6) is -0.904. The molecule has 0 spiro atoms. The third-order valence-corrected chi connectivity index (χ3v) is 6.47. The highest BCUT2D eigenvalue weighted by Crippen LogP contribution is 2.22. The summed E-state index contributed by atoms with van der Waals surface area (Å²) in [4.78, 5) is 24.8. The van der Waals surface area contributed by atoms with Crippen LogP contribution < -0.4 is 10.7 Å². The van der Waals surface area contributed by atoms with E-state index in [0.29, 0.717) is 0 Å². The van der Waals surface area contributed by atoms with Gasteiger partial charge in [0.1, 0.15) is 6.04 Å². The van der Waals surface area contributed by atoms with Crippen molar-refractivity contribution in [2.75, 3.05) is 13.1 Å². The first-order valence-corrected chi connectivity index (χ1v) is 10.4. The van der Waals surface area contributed by atoms with Crippen LogP contribution in [0.25, 0.3) is 0 Å². The second-order valence-electron chi connectivity index (χ2n) is 6.77.